The molecule has 0 radical (unpaired) electrons. The molecule has 4 rings (SSSR count). The van der Waals surface area contributed by atoms with E-state index in [2.05, 4.69) is 34.6 Å². The maximum Gasteiger partial charge on any atom is 0.253 e. The van der Waals surface area contributed by atoms with Crippen LogP contribution in [0, 0.1) is 5.41 Å². The summed E-state index contributed by atoms with van der Waals surface area (Å²) >= 11 is 3.08. The van der Waals surface area contributed by atoms with Gasteiger partial charge in [0.05, 0.1) is 5.41 Å². The van der Waals surface area contributed by atoms with Gasteiger partial charge in [0.15, 0.2) is 5.13 Å². The Morgan fingerprint density at radius 3 is 2.29 bits per heavy atom. The smallest absolute Gasteiger partial charge is 0.253 e. The standard InChI is InChI=1S/C27H27N3O2S2/c1-27(2,25(32)29-26-28-16-17-33-26)23(19-8-6-5-7-9-19)22-15-14-21(34-22)18-10-12-20(13-11-18)24(31)30(3)4/h5-17,23H,1-4H3,(H,28,29,32). The van der Waals surface area contributed by atoms with E-state index in [1.54, 1.807) is 36.5 Å². The quantitative estimate of drug-likeness (QED) is 0.328. The van der Waals surface area contributed by atoms with Crippen molar-refractivity contribution in [3.05, 3.63) is 94.3 Å². The van der Waals surface area contributed by atoms with E-state index in [0.717, 1.165) is 20.9 Å². The molecule has 2 aromatic heterocycles. The van der Waals surface area contributed by atoms with Crippen molar-refractivity contribution in [2.24, 2.45) is 5.41 Å². The van der Waals surface area contributed by atoms with Crippen LogP contribution in [0.1, 0.15) is 40.6 Å². The van der Waals surface area contributed by atoms with Gasteiger partial charge in [-0.1, -0.05) is 56.3 Å². The van der Waals surface area contributed by atoms with Crippen LogP contribution < -0.4 is 5.32 Å². The molecule has 4 aromatic rings. The molecule has 0 saturated heterocycles. The van der Waals surface area contributed by atoms with Crippen LogP contribution in [0.25, 0.3) is 10.4 Å². The predicted molar refractivity (Wildman–Crippen MR) is 141 cm³/mol. The minimum absolute atomic E-state index is 0.0180. The predicted octanol–water partition coefficient (Wildman–Crippen LogP) is 6.37. The van der Waals surface area contributed by atoms with E-state index < -0.39 is 5.41 Å². The topological polar surface area (TPSA) is 62.3 Å². The van der Waals surface area contributed by atoms with Crippen molar-refractivity contribution in [2.45, 2.75) is 19.8 Å². The Balaban J connectivity index is 1.67. The molecule has 174 valence electrons. The second-order valence-electron chi connectivity index (χ2n) is 8.84. The number of nitrogens with zero attached hydrogens (tertiary/aromatic N) is 2. The molecule has 5 nitrogen and oxygen atoms in total. The summed E-state index contributed by atoms with van der Waals surface area (Å²) < 4.78 is 0. The summed E-state index contributed by atoms with van der Waals surface area (Å²) in [5.41, 5.74) is 2.06. The molecule has 0 aliphatic rings. The molecule has 2 heterocycles. The van der Waals surface area contributed by atoms with Crippen LogP contribution in [0.5, 0.6) is 0 Å². The van der Waals surface area contributed by atoms with E-state index in [0.29, 0.717) is 10.7 Å². The van der Waals surface area contributed by atoms with E-state index >= 15 is 0 Å². The van der Waals surface area contributed by atoms with E-state index in [-0.39, 0.29) is 17.7 Å². The number of aromatic nitrogens is 1. The molecule has 0 aliphatic carbocycles. The molecule has 1 unspecified atom stereocenters. The Kier molecular flexibility index (Phi) is 6.95. The van der Waals surface area contributed by atoms with Gasteiger partial charge in [-0.05, 0) is 35.4 Å². The van der Waals surface area contributed by atoms with E-state index in [4.69, 9.17) is 0 Å². The number of carbonyl (C=O) groups is 2. The van der Waals surface area contributed by atoms with Crippen LogP contribution in [-0.4, -0.2) is 35.8 Å². The van der Waals surface area contributed by atoms with Crippen molar-refractivity contribution in [1.29, 1.82) is 0 Å². The number of thiophene rings is 1. The number of carbonyl (C=O) groups excluding carboxylic acids is 2. The summed E-state index contributed by atoms with van der Waals surface area (Å²) in [7, 11) is 3.50. The van der Waals surface area contributed by atoms with Crippen LogP contribution in [0.2, 0.25) is 0 Å². The number of hydrogen-bond donors (Lipinski definition) is 1. The first kappa shape index (κ1) is 23.9. The summed E-state index contributed by atoms with van der Waals surface area (Å²) in [6, 6.07) is 22.0. The molecule has 2 aromatic carbocycles. The normalized spacial score (nSPS) is 12.2. The first-order valence-electron chi connectivity index (χ1n) is 10.9. The third-order valence-electron chi connectivity index (χ3n) is 5.83. The molecule has 7 heteroatoms. The first-order chi connectivity index (χ1) is 16.3. The Labute approximate surface area is 208 Å². The summed E-state index contributed by atoms with van der Waals surface area (Å²) in [6.45, 7) is 3.96. The molecule has 0 fully saturated rings. The van der Waals surface area contributed by atoms with Crippen LogP contribution >= 0.6 is 22.7 Å². The van der Waals surface area contributed by atoms with Crippen molar-refractivity contribution < 1.29 is 9.59 Å². The zero-order valence-electron chi connectivity index (χ0n) is 19.6. The minimum atomic E-state index is -0.725. The van der Waals surface area contributed by atoms with Crippen molar-refractivity contribution in [3.63, 3.8) is 0 Å². The highest BCUT2D eigenvalue weighted by atomic mass is 32.1. The molecule has 0 bridgehead atoms. The first-order valence-corrected chi connectivity index (χ1v) is 12.6. The van der Waals surface area contributed by atoms with Crippen molar-refractivity contribution in [3.8, 4) is 10.4 Å². The van der Waals surface area contributed by atoms with Gasteiger partial charge < -0.3 is 10.2 Å². The van der Waals surface area contributed by atoms with Gasteiger partial charge in [-0.25, -0.2) is 4.98 Å². The summed E-state index contributed by atoms with van der Waals surface area (Å²) in [5.74, 6) is -0.227. The van der Waals surface area contributed by atoms with Crippen molar-refractivity contribution in [1.82, 2.24) is 9.88 Å². The Bertz CT molecular complexity index is 1260. The molecule has 34 heavy (non-hydrogen) atoms. The van der Waals surface area contributed by atoms with Gasteiger partial charge >= 0.3 is 0 Å². The van der Waals surface area contributed by atoms with E-state index in [9.17, 15) is 9.59 Å². The van der Waals surface area contributed by atoms with E-state index in [1.807, 2.05) is 61.7 Å². The number of hydrogen-bond acceptors (Lipinski definition) is 5. The lowest BCUT2D eigenvalue weighted by molar-refractivity contribution is -0.124. The molecule has 0 spiro atoms. The average Bonchev–Trinajstić information content (AvgIpc) is 3.52. The van der Waals surface area contributed by atoms with Gasteiger partial charge in [0, 0.05) is 46.9 Å². The van der Waals surface area contributed by atoms with Gasteiger partial charge in [-0.3, -0.25) is 9.59 Å². The van der Waals surface area contributed by atoms with Gasteiger partial charge in [-0.2, -0.15) is 0 Å². The lowest BCUT2D eigenvalue weighted by Gasteiger charge is -2.32. The zero-order chi connectivity index (χ0) is 24.3. The maximum absolute atomic E-state index is 13.4. The SMILES string of the molecule is CN(C)C(=O)c1ccc(-c2ccc(C(c3ccccc3)C(C)(C)C(=O)Nc3nccs3)s2)cc1. The fourth-order valence-electron chi connectivity index (χ4n) is 3.95. The number of nitrogens with one attached hydrogen (secondary N) is 1. The number of anilines is 1. The van der Waals surface area contributed by atoms with Gasteiger partial charge in [0.25, 0.3) is 5.91 Å². The number of benzene rings is 2. The Morgan fingerprint density at radius 2 is 1.68 bits per heavy atom. The largest absolute Gasteiger partial charge is 0.345 e. The fraction of sp³-hybridized carbons (Fsp3) is 0.222. The lowest BCUT2D eigenvalue weighted by atomic mass is 9.73. The van der Waals surface area contributed by atoms with Crippen molar-refractivity contribution in [2.75, 3.05) is 19.4 Å². The number of thiazole rings is 1. The molecule has 0 aliphatic heterocycles. The third-order valence-corrected chi connectivity index (χ3v) is 7.71. The van der Waals surface area contributed by atoms with E-state index in [1.165, 1.54) is 11.3 Å². The van der Waals surface area contributed by atoms with Gasteiger partial charge in [-0.15, -0.1) is 22.7 Å². The second kappa shape index (κ2) is 9.91. The molecule has 2 amide bonds. The van der Waals surface area contributed by atoms with Gasteiger partial charge in [0.2, 0.25) is 5.91 Å². The number of amides is 2. The zero-order valence-corrected chi connectivity index (χ0v) is 21.2. The Hall–Kier alpha value is -3.29. The van der Waals surface area contributed by atoms with Crippen LogP contribution in [0.15, 0.2) is 78.3 Å². The van der Waals surface area contributed by atoms with Crippen LogP contribution in [0.4, 0.5) is 5.13 Å². The fourth-order valence-corrected chi connectivity index (χ4v) is 5.81. The van der Waals surface area contributed by atoms with Crippen LogP contribution in [0.3, 0.4) is 0 Å². The number of rotatable bonds is 7. The summed E-state index contributed by atoms with van der Waals surface area (Å²) in [6.07, 6.45) is 1.69. The molecule has 1 N–H and O–H groups in total. The minimum Gasteiger partial charge on any atom is -0.345 e. The average molecular weight is 490 g/mol. The Morgan fingerprint density at radius 1 is 0.971 bits per heavy atom. The highest BCUT2D eigenvalue weighted by Gasteiger charge is 2.40. The summed E-state index contributed by atoms with van der Waals surface area (Å²) in [4.78, 5) is 33.6. The monoisotopic (exact) mass is 489 g/mol. The maximum atomic E-state index is 13.4. The molecule has 1 atom stereocenters. The molecular formula is C27H27N3O2S2. The lowest BCUT2D eigenvalue weighted by Crippen LogP contribution is -2.36. The van der Waals surface area contributed by atoms with Gasteiger partial charge in [0.1, 0.15) is 0 Å². The third kappa shape index (κ3) is 4.95. The molecule has 0 saturated carbocycles. The second-order valence-corrected chi connectivity index (χ2v) is 10.8. The molecular weight excluding hydrogens is 462 g/mol. The highest BCUT2D eigenvalue weighted by molar-refractivity contribution is 7.15. The van der Waals surface area contributed by atoms with Crippen LogP contribution in [-0.2, 0) is 4.79 Å². The summed E-state index contributed by atoms with van der Waals surface area (Å²) in [5, 5.41) is 5.43. The highest BCUT2D eigenvalue weighted by Crippen LogP contribution is 2.45. The van der Waals surface area contributed by atoms with Crippen molar-refractivity contribution >= 4 is 39.6 Å².